The molecule has 30 heavy (non-hydrogen) atoms. The molecule has 148 valence electrons. The number of nitrogens with one attached hydrogen (secondary N) is 1. The smallest absolute Gasteiger partial charge is 0.283 e. The van der Waals surface area contributed by atoms with Crippen LogP contribution in [0.1, 0.15) is 11.1 Å². The molecule has 0 amide bonds. The molecule has 5 rings (SSSR count). The zero-order valence-corrected chi connectivity index (χ0v) is 17.8. The van der Waals surface area contributed by atoms with Crippen LogP contribution in [0, 0.1) is 6.92 Å². The van der Waals surface area contributed by atoms with Crippen LogP contribution < -0.4 is 5.56 Å². The van der Waals surface area contributed by atoms with E-state index in [-0.39, 0.29) is 5.56 Å². The highest BCUT2D eigenvalue weighted by molar-refractivity contribution is 7.98. The first-order valence-corrected chi connectivity index (χ1v) is 10.9. The van der Waals surface area contributed by atoms with Crippen molar-refractivity contribution in [2.75, 3.05) is 0 Å². The van der Waals surface area contributed by atoms with Gasteiger partial charge in [-0.1, -0.05) is 77.5 Å². The Morgan fingerprint density at radius 1 is 1.03 bits per heavy atom. The molecule has 0 saturated carbocycles. The minimum atomic E-state index is -0.134. The van der Waals surface area contributed by atoms with Crippen molar-refractivity contribution in [2.45, 2.75) is 17.8 Å². The first-order chi connectivity index (χ1) is 14.6. The minimum Gasteiger partial charge on any atom is -0.349 e. The van der Waals surface area contributed by atoms with Crippen LogP contribution in [0.3, 0.4) is 0 Å². The number of hydrogen-bond acceptors (Lipinski definition) is 3. The fourth-order valence-corrected chi connectivity index (χ4v) is 4.77. The third-order valence-electron chi connectivity index (χ3n) is 5.01. The number of hydrogen-bond donors (Lipinski definition) is 1. The van der Waals surface area contributed by atoms with Crippen molar-refractivity contribution in [1.29, 1.82) is 0 Å². The van der Waals surface area contributed by atoms with Gasteiger partial charge in [-0.15, -0.1) is 0 Å². The van der Waals surface area contributed by atoms with Crippen molar-refractivity contribution in [3.05, 3.63) is 99.3 Å². The van der Waals surface area contributed by atoms with E-state index in [4.69, 9.17) is 16.6 Å². The molecular formula is C24H18ClN3OS. The second-order valence-corrected chi connectivity index (χ2v) is 8.57. The van der Waals surface area contributed by atoms with Gasteiger partial charge in [-0.25, -0.2) is 4.98 Å². The molecule has 0 aliphatic heterocycles. The fraction of sp³-hybridized carbons (Fsp3) is 0.0833. The SMILES string of the molecule is Cc1cccc(CSc2nc3c([nH]c4ccccc43)c(=O)n2-c2cccc(Cl)c2)c1. The highest BCUT2D eigenvalue weighted by Gasteiger charge is 2.17. The van der Waals surface area contributed by atoms with E-state index >= 15 is 0 Å². The molecule has 5 aromatic rings. The summed E-state index contributed by atoms with van der Waals surface area (Å²) in [6.45, 7) is 2.08. The average molecular weight is 432 g/mol. The second kappa shape index (κ2) is 7.67. The molecule has 0 aliphatic rings. The molecule has 0 atom stereocenters. The number of H-pyrrole nitrogens is 1. The quantitative estimate of drug-likeness (QED) is 0.275. The second-order valence-electron chi connectivity index (χ2n) is 7.19. The van der Waals surface area contributed by atoms with Crippen molar-refractivity contribution in [1.82, 2.24) is 14.5 Å². The fourth-order valence-electron chi connectivity index (χ4n) is 3.63. The van der Waals surface area contributed by atoms with Gasteiger partial charge in [0.15, 0.2) is 5.16 Å². The molecule has 0 radical (unpaired) electrons. The number of fused-ring (bicyclic) bond motifs is 3. The predicted octanol–water partition coefficient (Wildman–Crippen LogP) is 6.12. The molecule has 3 aromatic carbocycles. The van der Waals surface area contributed by atoms with E-state index in [0.717, 1.165) is 10.9 Å². The standard InChI is InChI=1S/C24H18ClN3OS/c1-15-6-4-7-16(12-15)14-30-24-27-21-19-10-2-3-11-20(19)26-22(21)23(29)28(24)18-9-5-8-17(25)13-18/h2-13,26H,14H2,1H3. The van der Waals surface area contributed by atoms with E-state index in [9.17, 15) is 4.79 Å². The lowest BCUT2D eigenvalue weighted by atomic mass is 10.2. The number of aromatic nitrogens is 3. The van der Waals surface area contributed by atoms with E-state index in [1.165, 1.54) is 11.1 Å². The molecule has 0 bridgehead atoms. The summed E-state index contributed by atoms with van der Waals surface area (Å²) >= 11 is 7.77. The van der Waals surface area contributed by atoms with Crippen LogP contribution in [-0.4, -0.2) is 14.5 Å². The van der Waals surface area contributed by atoms with Crippen LogP contribution in [-0.2, 0) is 5.75 Å². The van der Waals surface area contributed by atoms with Crippen LogP contribution in [0.5, 0.6) is 0 Å². The number of halogens is 1. The molecule has 0 fully saturated rings. The lowest BCUT2D eigenvalue weighted by Crippen LogP contribution is -2.21. The lowest BCUT2D eigenvalue weighted by Gasteiger charge is -2.12. The number of aryl methyl sites for hydroxylation is 1. The van der Waals surface area contributed by atoms with Gasteiger partial charge in [-0.2, -0.15) is 0 Å². The zero-order chi connectivity index (χ0) is 20.7. The summed E-state index contributed by atoms with van der Waals surface area (Å²) in [5, 5.41) is 2.16. The van der Waals surface area contributed by atoms with Gasteiger partial charge in [-0.3, -0.25) is 9.36 Å². The Hall–Kier alpha value is -3.02. The van der Waals surface area contributed by atoms with Gasteiger partial charge >= 0.3 is 0 Å². The maximum Gasteiger partial charge on any atom is 0.283 e. The van der Waals surface area contributed by atoms with Crippen molar-refractivity contribution >= 4 is 45.3 Å². The minimum absolute atomic E-state index is 0.134. The van der Waals surface area contributed by atoms with Gasteiger partial charge in [0, 0.05) is 21.7 Å². The Balaban J connectivity index is 1.72. The van der Waals surface area contributed by atoms with Crippen molar-refractivity contribution in [2.24, 2.45) is 0 Å². The Morgan fingerprint density at radius 2 is 1.87 bits per heavy atom. The molecule has 1 N–H and O–H groups in total. The monoisotopic (exact) mass is 431 g/mol. The highest BCUT2D eigenvalue weighted by Crippen LogP contribution is 2.28. The summed E-state index contributed by atoms with van der Waals surface area (Å²) in [6.07, 6.45) is 0. The molecule has 4 nitrogen and oxygen atoms in total. The highest BCUT2D eigenvalue weighted by atomic mass is 35.5. The molecular weight excluding hydrogens is 414 g/mol. The average Bonchev–Trinajstić information content (AvgIpc) is 3.11. The number of nitrogens with zero attached hydrogens (tertiary/aromatic N) is 2. The van der Waals surface area contributed by atoms with Crippen molar-refractivity contribution in [3.8, 4) is 5.69 Å². The number of aromatic amines is 1. The van der Waals surface area contributed by atoms with E-state index in [0.29, 0.717) is 32.7 Å². The van der Waals surface area contributed by atoms with E-state index in [1.54, 1.807) is 28.5 Å². The molecule has 2 aromatic heterocycles. The van der Waals surface area contributed by atoms with Gasteiger partial charge in [-0.05, 0) is 36.8 Å². The molecule has 0 spiro atoms. The largest absolute Gasteiger partial charge is 0.349 e. The van der Waals surface area contributed by atoms with E-state index < -0.39 is 0 Å². The van der Waals surface area contributed by atoms with Crippen molar-refractivity contribution in [3.63, 3.8) is 0 Å². The van der Waals surface area contributed by atoms with Crippen LogP contribution in [0.15, 0.2) is 82.7 Å². The van der Waals surface area contributed by atoms with Gasteiger partial charge in [0.05, 0.1) is 5.69 Å². The zero-order valence-electron chi connectivity index (χ0n) is 16.2. The van der Waals surface area contributed by atoms with Gasteiger partial charge < -0.3 is 4.98 Å². The topological polar surface area (TPSA) is 50.7 Å². The first kappa shape index (κ1) is 19.0. The summed E-state index contributed by atoms with van der Waals surface area (Å²) in [7, 11) is 0. The van der Waals surface area contributed by atoms with E-state index in [1.807, 2.05) is 42.5 Å². The van der Waals surface area contributed by atoms with Crippen LogP contribution in [0.2, 0.25) is 5.02 Å². The number of benzene rings is 3. The summed E-state index contributed by atoms with van der Waals surface area (Å²) < 4.78 is 1.64. The number of thioether (sulfide) groups is 1. The number of rotatable bonds is 4. The Morgan fingerprint density at radius 3 is 2.70 bits per heavy atom. The van der Waals surface area contributed by atoms with Crippen LogP contribution in [0.25, 0.3) is 27.6 Å². The molecule has 2 heterocycles. The van der Waals surface area contributed by atoms with Gasteiger partial charge in [0.25, 0.3) is 5.56 Å². The number of para-hydroxylation sites is 1. The summed E-state index contributed by atoms with van der Waals surface area (Å²) in [5.41, 5.74) is 5.05. The molecule has 0 aliphatic carbocycles. The third kappa shape index (κ3) is 3.40. The summed E-state index contributed by atoms with van der Waals surface area (Å²) in [4.78, 5) is 21.7. The molecule has 0 saturated heterocycles. The third-order valence-corrected chi connectivity index (χ3v) is 6.26. The summed E-state index contributed by atoms with van der Waals surface area (Å²) in [6, 6.07) is 23.5. The Bertz CT molecular complexity index is 1450. The van der Waals surface area contributed by atoms with Gasteiger partial charge in [0.2, 0.25) is 0 Å². The van der Waals surface area contributed by atoms with Crippen molar-refractivity contribution < 1.29 is 0 Å². The Labute approximate surface area is 182 Å². The maximum absolute atomic E-state index is 13.5. The Kier molecular flexibility index (Phi) is 4.85. The summed E-state index contributed by atoms with van der Waals surface area (Å²) in [5.74, 6) is 0.711. The van der Waals surface area contributed by atoms with Crippen LogP contribution >= 0.6 is 23.4 Å². The van der Waals surface area contributed by atoms with E-state index in [2.05, 4.69) is 30.1 Å². The lowest BCUT2D eigenvalue weighted by molar-refractivity contribution is 0.819. The van der Waals surface area contributed by atoms with Crippen LogP contribution in [0.4, 0.5) is 0 Å². The maximum atomic E-state index is 13.5. The van der Waals surface area contributed by atoms with Gasteiger partial charge in [0.1, 0.15) is 11.0 Å². The molecule has 6 heteroatoms. The molecule has 0 unspecified atom stereocenters. The predicted molar refractivity (Wildman–Crippen MR) is 125 cm³/mol. The normalized spacial score (nSPS) is 11.4. The first-order valence-electron chi connectivity index (χ1n) is 9.58.